The number of anilines is 1. The van der Waals surface area contributed by atoms with Crippen LogP contribution in [0.4, 0.5) is 11.5 Å². The predicted octanol–water partition coefficient (Wildman–Crippen LogP) is 4.14. The Morgan fingerprint density at radius 1 is 1.03 bits per heavy atom. The van der Waals surface area contributed by atoms with Crippen molar-refractivity contribution < 1.29 is 9.72 Å². The molecule has 0 saturated carbocycles. The van der Waals surface area contributed by atoms with Crippen LogP contribution in [0.1, 0.15) is 27.3 Å². The van der Waals surface area contributed by atoms with E-state index in [-0.39, 0.29) is 11.6 Å². The third kappa shape index (κ3) is 3.80. The Morgan fingerprint density at radius 2 is 1.74 bits per heavy atom. The third-order valence-corrected chi connectivity index (χ3v) is 4.98. The number of nitro groups is 1. The molecule has 2 aromatic carbocycles. The van der Waals surface area contributed by atoms with E-state index in [2.05, 4.69) is 15.5 Å². The molecule has 4 rings (SSSR count). The number of hydrogen-bond acceptors (Lipinski definition) is 5. The lowest BCUT2D eigenvalue weighted by molar-refractivity contribution is -0.384. The highest BCUT2D eigenvalue weighted by Gasteiger charge is 2.19. The Kier molecular flexibility index (Phi) is 5.08. The number of para-hydroxylation sites is 1. The average molecular weight is 416 g/mol. The lowest BCUT2D eigenvalue weighted by atomic mass is 10.2. The largest absolute Gasteiger partial charge is 0.306 e. The molecule has 31 heavy (non-hydrogen) atoms. The van der Waals surface area contributed by atoms with Crippen molar-refractivity contribution in [3.63, 3.8) is 0 Å². The number of carbonyl (C=O) groups excluding carboxylic acids is 1. The van der Waals surface area contributed by atoms with Gasteiger partial charge in [-0.15, -0.1) is 0 Å². The average Bonchev–Trinajstić information content (AvgIpc) is 3.30. The maximum atomic E-state index is 13.0. The smallest absolute Gasteiger partial charge is 0.269 e. The molecule has 2 aromatic heterocycles. The quantitative estimate of drug-likeness (QED) is 0.388. The van der Waals surface area contributed by atoms with Crippen LogP contribution in [0, 0.1) is 30.9 Å². The van der Waals surface area contributed by atoms with Gasteiger partial charge in [0.25, 0.3) is 11.6 Å². The first-order valence-corrected chi connectivity index (χ1v) is 9.58. The Labute approximate surface area is 178 Å². The number of nitro benzene ring substituents is 1. The summed E-state index contributed by atoms with van der Waals surface area (Å²) < 4.78 is 3.28. The van der Waals surface area contributed by atoms with E-state index < -0.39 is 4.92 Å². The van der Waals surface area contributed by atoms with Crippen LogP contribution in [0.3, 0.4) is 0 Å². The van der Waals surface area contributed by atoms with Gasteiger partial charge in [0.1, 0.15) is 5.82 Å². The number of aromatic nitrogens is 4. The van der Waals surface area contributed by atoms with Crippen LogP contribution in [0.2, 0.25) is 0 Å². The minimum absolute atomic E-state index is 0.0162. The van der Waals surface area contributed by atoms with Crippen LogP contribution < -0.4 is 5.32 Å². The van der Waals surface area contributed by atoms with Crippen molar-refractivity contribution in [3.05, 3.63) is 93.4 Å². The molecule has 0 radical (unpaired) electrons. The highest BCUT2D eigenvalue weighted by atomic mass is 16.6. The molecular weight excluding hydrogens is 396 g/mol. The summed E-state index contributed by atoms with van der Waals surface area (Å²) in [5, 5.41) is 22.6. The minimum Gasteiger partial charge on any atom is -0.306 e. The second-order valence-corrected chi connectivity index (χ2v) is 7.15. The van der Waals surface area contributed by atoms with E-state index in [0.717, 1.165) is 11.3 Å². The van der Waals surface area contributed by atoms with Gasteiger partial charge in [0.05, 0.1) is 39.4 Å². The molecule has 9 heteroatoms. The highest BCUT2D eigenvalue weighted by Crippen LogP contribution is 2.22. The van der Waals surface area contributed by atoms with Crippen molar-refractivity contribution >= 4 is 17.4 Å². The number of carbonyl (C=O) groups is 1. The molecule has 0 fully saturated rings. The van der Waals surface area contributed by atoms with Gasteiger partial charge in [-0.25, -0.2) is 9.36 Å². The number of amides is 1. The summed E-state index contributed by atoms with van der Waals surface area (Å²) in [7, 11) is 0. The molecule has 0 aliphatic carbocycles. The third-order valence-electron chi connectivity index (χ3n) is 4.98. The van der Waals surface area contributed by atoms with Crippen molar-refractivity contribution in [3.8, 4) is 11.4 Å². The standard InChI is InChI=1S/C22H20N6O3/c1-14-6-4-5-7-20(14)26-16(3)19(13-23-26)22(29)24-21-12-15(2)25-27(21)17-8-10-18(11-9-17)28(30)31/h4-13H,1-3H3,(H,24,29). The number of aryl methyl sites for hydroxylation is 2. The van der Waals surface area contributed by atoms with Gasteiger partial charge in [0.2, 0.25) is 0 Å². The molecule has 0 aliphatic rings. The van der Waals surface area contributed by atoms with Crippen molar-refractivity contribution in [2.24, 2.45) is 0 Å². The molecule has 0 bridgehead atoms. The maximum Gasteiger partial charge on any atom is 0.269 e. The fourth-order valence-corrected chi connectivity index (χ4v) is 3.36. The fourth-order valence-electron chi connectivity index (χ4n) is 3.36. The van der Waals surface area contributed by atoms with Crippen molar-refractivity contribution in [1.29, 1.82) is 0 Å². The Hall–Kier alpha value is -4.27. The topological polar surface area (TPSA) is 108 Å². The zero-order valence-electron chi connectivity index (χ0n) is 17.2. The number of benzene rings is 2. The van der Waals surface area contributed by atoms with Crippen LogP contribution in [-0.2, 0) is 0 Å². The molecule has 4 aromatic rings. The van der Waals surface area contributed by atoms with Crippen LogP contribution in [0.15, 0.2) is 60.8 Å². The molecule has 156 valence electrons. The summed E-state index contributed by atoms with van der Waals surface area (Å²) in [4.78, 5) is 23.4. The molecule has 1 N–H and O–H groups in total. The van der Waals surface area contributed by atoms with E-state index in [0.29, 0.717) is 28.5 Å². The van der Waals surface area contributed by atoms with E-state index in [4.69, 9.17) is 0 Å². The fraction of sp³-hybridized carbons (Fsp3) is 0.136. The second-order valence-electron chi connectivity index (χ2n) is 7.15. The number of nitrogens with zero attached hydrogens (tertiary/aromatic N) is 5. The maximum absolute atomic E-state index is 13.0. The van der Waals surface area contributed by atoms with Gasteiger partial charge in [0.15, 0.2) is 0 Å². The zero-order chi connectivity index (χ0) is 22.1. The van der Waals surface area contributed by atoms with Crippen LogP contribution in [0.5, 0.6) is 0 Å². The van der Waals surface area contributed by atoms with E-state index in [1.54, 1.807) is 29.8 Å². The number of rotatable bonds is 5. The molecule has 0 atom stereocenters. The molecule has 0 unspecified atom stereocenters. The monoisotopic (exact) mass is 416 g/mol. The number of non-ortho nitro benzene ring substituents is 1. The summed E-state index contributed by atoms with van der Waals surface area (Å²) in [6, 6.07) is 15.5. The SMILES string of the molecule is Cc1cc(NC(=O)c2cnn(-c3ccccc3C)c2C)n(-c2ccc([N+](=O)[O-])cc2)n1. The van der Waals surface area contributed by atoms with Gasteiger partial charge in [-0.1, -0.05) is 18.2 Å². The van der Waals surface area contributed by atoms with Gasteiger partial charge in [-0.05, 0) is 44.5 Å². The molecule has 0 saturated heterocycles. The summed E-state index contributed by atoms with van der Waals surface area (Å²) in [6.45, 7) is 5.63. The van der Waals surface area contributed by atoms with Gasteiger partial charge < -0.3 is 5.32 Å². The Balaban J connectivity index is 1.63. The van der Waals surface area contributed by atoms with Crippen molar-refractivity contribution in [1.82, 2.24) is 19.6 Å². The molecule has 1 amide bonds. The zero-order valence-corrected chi connectivity index (χ0v) is 17.2. The van der Waals surface area contributed by atoms with Crippen LogP contribution >= 0.6 is 0 Å². The van der Waals surface area contributed by atoms with Gasteiger partial charge in [-0.2, -0.15) is 10.2 Å². The van der Waals surface area contributed by atoms with E-state index in [1.165, 1.54) is 23.0 Å². The normalized spacial score (nSPS) is 10.8. The molecule has 2 heterocycles. The summed E-state index contributed by atoms with van der Waals surface area (Å²) in [6.07, 6.45) is 1.54. The van der Waals surface area contributed by atoms with Crippen LogP contribution in [0.25, 0.3) is 11.4 Å². The molecule has 0 aliphatic heterocycles. The molecule has 0 spiro atoms. The van der Waals surface area contributed by atoms with E-state index in [9.17, 15) is 14.9 Å². The highest BCUT2D eigenvalue weighted by molar-refractivity contribution is 6.04. The molecule has 9 nitrogen and oxygen atoms in total. The number of nitrogens with one attached hydrogen (secondary N) is 1. The Bertz CT molecular complexity index is 1290. The van der Waals surface area contributed by atoms with Crippen molar-refractivity contribution in [2.45, 2.75) is 20.8 Å². The minimum atomic E-state index is -0.463. The first-order chi connectivity index (χ1) is 14.8. The van der Waals surface area contributed by atoms with Crippen LogP contribution in [-0.4, -0.2) is 30.4 Å². The van der Waals surface area contributed by atoms with E-state index >= 15 is 0 Å². The second kappa shape index (κ2) is 7.86. The first kappa shape index (κ1) is 20.0. The van der Waals surface area contributed by atoms with Crippen molar-refractivity contribution in [2.75, 3.05) is 5.32 Å². The predicted molar refractivity (Wildman–Crippen MR) is 116 cm³/mol. The van der Waals surface area contributed by atoms with E-state index in [1.807, 2.05) is 38.1 Å². The first-order valence-electron chi connectivity index (χ1n) is 9.58. The number of hydrogen-bond donors (Lipinski definition) is 1. The molecular formula is C22H20N6O3. The van der Waals surface area contributed by atoms with Gasteiger partial charge in [0, 0.05) is 18.2 Å². The summed E-state index contributed by atoms with van der Waals surface area (Å²) >= 11 is 0. The summed E-state index contributed by atoms with van der Waals surface area (Å²) in [5.74, 6) is 0.139. The lowest BCUT2D eigenvalue weighted by Gasteiger charge is -2.10. The summed E-state index contributed by atoms with van der Waals surface area (Å²) in [5.41, 5.74) is 4.39. The van der Waals surface area contributed by atoms with Gasteiger partial charge >= 0.3 is 0 Å². The lowest BCUT2D eigenvalue weighted by Crippen LogP contribution is -2.16. The Morgan fingerprint density at radius 3 is 2.42 bits per heavy atom. The van der Waals surface area contributed by atoms with Gasteiger partial charge in [-0.3, -0.25) is 14.9 Å².